The molecule has 6 heteroatoms. The molecular weight excluding hydrogens is 500 g/mol. The molecule has 0 fully saturated rings. The van der Waals surface area contributed by atoms with Crippen molar-refractivity contribution in [2.45, 2.75) is 79.7 Å². The van der Waals surface area contributed by atoms with Crippen molar-refractivity contribution in [1.29, 1.82) is 0 Å². The lowest BCUT2D eigenvalue weighted by atomic mass is 9.73. The van der Waals surface area contributed by atoms with Crippen molar-refractivity contribution in [3.05, 3.63) is 28.2 Å². The normalized spacial score (nSPS) is 16.2. The molecule has 0 bridgehead atoms. The first-order valence-corrected chi connectivity index (χ1v) is 11.2. The number of aromatic nitrogens is 2. The van der Waals surface area contributed by atoms with Crippen LogP contribution >= 0.6 is 47.8 Å². The third-order valence-electron chi connectivity index (χ3n) is 4.74. The highest BCUT2D eigenvalue weighted by atomic mass is 79.9. The Morgan fingerprint density at radius 2 is 1.88 bits per heavy atom. The summed E-state index contributed by atoms with van der Waals surface area (Å²) in [6, 6.07) is 3.47. The highest BCUT2D eigenvalue weighted by molar-refractivity contribution is 9.26. The third kappa shape index (κ3) is 6.56. The van der Waals surface area contributed by atoms with Crippen LogP contribution < -0.4 is 5.56 Å². The topological polar surface area (TPSA) is 45.8 Å². The van der Waals surface area contributed by atoms with Gasteiger partial charge in [0.05, 0.1) is 8.93 Å². The summed E-state index contributed by atoms with van der Waals surface area (Å²) in [5, 5.41) is 7.00. The van der Waals surface area contributed by atoms with Crippen LogP contribution in [0.2, 0.25) is 0 Å². The van der Waals surface area contributed by atoms with Gasteiger partial charge >= 0.3 is 0 Å². The van der Waals surface area contributed by atoms with Gasteiger partial charge in [0.25, 0.3) is 5.56 Å². The van der Waals surface area contributed by atoms with Gasteiger partial charge in [-0.15, -0.1) is 0 Å². The highest BCUT2D eigenvalue weighted by Crippen LogP contribution is 2.48. The van der Waals surface area contributed by atoms with Gasteiger partial charge < -0.3 is 0 Å². The van der Waals surface area contributed by atoms with E-state index in [9.17, 15) is 4.79 Å². The summed E-state index contributed by atoms with van der Waals surface area (Å²) in [7, 11) is 0. The Morgan fingerprint density at radius 3 is 2.33 bits per heavy atom. The summed E-state index contributed by atoms with van der Waals surface area (Å²) < 4.78 is -0.216. The van der Waals surface area contributed by atoms with E-state index in [4.69, 9.17) is 0 Å². The van der Waals surface area contributed by atoms with E-state index in [-0.39, 0.29) is 19.0 Å². The summed E-state index contributed by atoms with van der Waals surface area (Å²) in [6.07, 6.45) is 6.58. The average molecular weight is 529 g/mol. The molecule has 1 rings (SSSR count). The second-order valence-electron chi connectivity index (χ2n) is 7.13. The van der Waals surface area contributed by atoms with Crippen LogP contribution in [0, 0.1) is 5.92 Å². The SMILES string of the molecule is CCC(CCCCC(C)C)(CC(Br)(Br)C(C)Br)c1ccc(=O)[nH]n1. The van der Waals surface area contributed by atoms with Gasteiger partial charge in [0.2, 0.25) is 0 Å². The smallest absolute Gasteiger partial charge is 0.264 e. The van der Waals surface area contributed by atoms with Crippen molar-refractivity contribution in [1.82, 2.24) is 10.2 Å². The van der Waals surface area contributed by atoms with E-state index in [0.717, 1.165) is 30.9 Å². The molecule has 0 spiro atoms. The molecule has 0 aliphatic rings. The van der Waals surface area contributed by atoms with Crippen LogP contribution in [0.1, 0.15) is 71.9 Å². The summed E-state index contributed by atoms with van der Waals surface area (Å²) in [5.74, 6) is 0.737. The highest BCUT2D eigenvalue weighted by Gasteiger charge is 2.41. The van der Waals surface area contributed by atoms with Crippen LogP contribution in [0.25, 0.3) is 0 Å². The van der Waals surface area contributed by atoms with E-state index in [1.54, 1.807) is 6.07 Å². The van der Waals surface area contributed by atoms with Crippen LogP contribution in [0.4, 0.5) is 0 Å². The van der Waals surface area contributed by atoms with Crippen LogP contribution in [0.3, 0.4) is 0 Å². The summed E-state index contributed by atoms with van der Waals surface area (Å²) in [6.45, 7) is 8.88. The summed E-state index contributed by atoms with van der Waals surface area (Å²) >= 11 is 11.4. The number of nitrogens with one attached hydrogen (secondary N) is 1. The molecule has 1 N–H and O–H groups in total. The van der Waals surface area contributed by atoms with Crippen LogP contribution in [0.15, 0.2) is 16.9 Å². The van der Waals surface area contributed by atoms with E-state index >= 15 is 0 Å². The predicted octanol–water partition coefficient (Wildman–Crippen LogP) is 6.29. The van der Waals surface area contributed by atoms with E-state index < -0.39 is 0 Å². The maximum absolute atomic E-state index is 11.4. The maximum atomic E-state index is 11.4. The number of hydrogen-bond acceptors (Lipinski definition) is 2. The monoisotopic (exact) mass is 526 g/mol. The van der Waals surface area contributed by atoms with E-state index in [1.165, 1.54) is 19.3 Å². The molecule has 0 saturated heterocycles. The van der Waals surface area contributed by atoms with Gasteiger partial charge in [-0.3, -0.25) is 4.79 Å². The molecule has 0 aliphatic carbocycles. The number of halogens is 3. The quantitative estimate of drug-likeness (QED) is 0.286. The molecule has 2 atom stereocenters. The minimum atomic E-state index is -0.216. The van der Waals surface area contributed by atoms with Crippen molar-refractivity contribution in [3.8, 4) is 0 Å². The van der Waals surface area contributed by atoms with Crippen LogP contribution in [0.5, 0.6) is 0 Å². The Kier molecular flexibility index (Phi) is 9.19. The van der Waals surface area contributed by atoms with Crippen LogP contribution in [-0.4, -0.2) is 18.3 Å². The summed E-state index contributed by atoms with van der Waals surface area (Å²) in [5.41, 5.74) is 0.753. The molecule has 3 nitrogen and oxygen atoms in total. The van der Waals surface area contributed by atoms with Crippen molar-refractivity contribution < 1.29 is 0 Å². The number of hydrogen-bond donors (Lipinski definition) is 1. The van der Waals surface area contributed by atoms with E-state index in [2.05, 4.69) is 85.7 Å². The Morgan fingerprint density at radius 1 is 1.21 bits per heavy atom. The van der Waals surface area contributed by atoms with Gasteiger partial charge in [-0.2, -0.15) is 5.10 Å². The van der Waals surface area contributed by atoms with Crippen LogP contribution in [-0.2, 0) is 5.41 Å². The zero-order valence-electron chi connectivity index (χ0n) is 15.0. The second-order valence-corrected chi connectivity index (χ2v) is 12.4. The lowest BCUT2D eigenvalue weighted by Gasteiger charge is -2.38. The zero-order valence-corrected chi connectivity index (χ0v) is 19.8. The number of H-pyrrole nitrogens is 1. The van der Waals surface area contributed by atoms with Crippen molar-refractivity contribution in [2.75, 3.05) is 0 Å². The molecule has 1 aromatic heterocycles. The lowest BCUT2D eigenvalue weighted by Crippen LogP contribution is -2.37. The zero-order chi connectivity index (χ0) is 18.4. The standard InChI is InChI=1S/C18H29Br3N2O/c1-5-17(11-7-6-8-13(2)3,12-18(20,21)14(4)19)15-9-10-16(24)23-22-15/h9-10,13-14H,5-8,11-12H2,1-4H3,(H,23,24). The van der Waals surface area contributed by atoms with Crippen molar-refractivity contribution in [3.63, 3.8) is 0 Å². The first-order valence-electron chi connectivity index (χ1n) is 8.71. The molecule has 0 radical (unpaired) electrons. The molecule has 0 aromatic carbocycles. The molecule has 2 unspecified atom stereocenters. The molecular formula is C18H29Br3N2O. The average Bonchev–Trinajstić information content (AvgIpc) is 2.50. The Balaban J connectivity index is 3.07. The molecule has 24 heavy (non-hydrogen) atoms. The van der Waals surface area contributed by atoms with Gasteiger partial charge in [-0.05, 0) is 31.2 Å². The van der Waals surface area contributed by atoms with E-state index in [1.807, 2.05) is 6.07 Å². The second kappa shape index (κ2) is 9.86. The fourth-order valence-electron chi connectivity index (χ4n) is 3.04. The lowest BCUT2D eigenvalue weighted by molar-refractivity contribution is 0.313. The number of rotatable bonds is 10. The van der Waals surface area contributed by atoms with Gasteiger partial charge in [-0.25, -0.2) is 5.10 Å². The Hall–Kier alpha value is 0.320. The first-order chi connectivity index (χ1) is 11.1. The Labute approximate surface area is 171 Å². The molecule has 0 aliphatic heterocycles. The third-order valence-corrected chi connectivity index (χ3v) is 8.69. The van der Waals surface area contributed by atoms with Gasteiger partial charge in [-0.1, -0.05) is 94.7 Å². The number of alkyl halides is 3. The summed E-state index contributed by atoms with van der Waals surface area (Å²) in [4.78, 5) is 11.7. The maximum Gasteiger partial charge on any atom is 0.264 e. The fraction of sp³-hybridized carbons (Fsp3) is 0.778. The largest absolute Gasteiger partial charge is 0.268 e. The minimum absolute atomic E-state index is 0.0732. The van der Waals surface area contributed by atoms with Crippen molar-refractivity contribution in [2.24, 2.45) is 5.92 Å². The molecule has 0 amide bonds. The fourth-order valence-corrected chi connectivity index (χ4v) is 4.27. The van der Waals surface area contributed by atoms with Gasteiger partial charge in [0.15, 0.2) is 0 Å². The van der Waals surface area contributed by atoms with Crippen molar-refractivity contribution >= 4 is 47.8 Å². The molecule has 0 saturated carbocycles. The molecule has 1 heterocycles. The number of aromatic amines is 1. The molecule has 138 valence electrons. The number of unbranched alkanes of at least 4 members (excludes halogenated alkanes) is 1. The first kappa shape index (κ1) is 22.4. The Bertz CT molecular complexity index is 537. The predicted molar refractivity (Wildman–Crippen MR) is 114 cm³/mol. The van der Waals surface area contributed by atoms with Gasteiger partial charge in [0.1, 0.15) is 0 Å². The minimum Gasteiger partial charge on any atom is -0.268 e. The van der Waals surface area contributed by atoms with E-state index in [0.29, 0.717) is 0 Å². The van der Waals surface area contributed by atoms with Gasteiger partial charge in [0, 0.05) is 16.3 Å². The molecule has 1 aromatic rings. The number of nitrogens with zero attached hydrogens (tertiary/aromatic N) is 1.